The highest BCUT2D eigenvalue weighted by Crippen LogP contribution is 2.26. The average Bonchev–Trinajstić information content (AvgIpc) is 2.47. The first-order valence-corrected chi connectivity index (χ1v) is 8.27. The topological polar surface area (TPSA) is 32.5 Å². The lowest BCUT2D eigenvalue weighted by Crippen LogP contribution is -2.42. The predicted octanol–water partition coefficient (Wildman–Crippen LogP) is 2.81. The van der Waals surface area contributed by atoms with E-state index in [1.54, 1.807) is 0 Å². The molecule has 1 heterocycles. The third-order valence-corrected chi connectivity index (χ3v) is 4.90. The summed E-state index contributed by atoms with van der Waals surface area (Å²) in [5.74, 6) is 0. The van der Waals surface area contributed by atoms with E-state index in [-0.39, 0.29) is 6.04 Å². The molecule has 0 bridgehead atoms. The van der Waals surface area contributed by atoms with E-state index < -0.39 is 0 Å². The second-order valence-electron chi connectivity index (χ2n) is 6.64. The minimum absolute atomic E-state index is 0.280. The van der Waals surface area contributed by atoms with Crippen LogP contribution >= 0.6 is 0 Å². The summed E-state index contributed by atoms with van der Waals surface area (Å²) in [5, 5.41) is 0. The van der Waals surface area contributed by atoms with Crippen LogP contribution in [0, 0.1) is 6.92 Å². The van der Waals surface area contributed by atoms with Gasteiger partial charge < -0.3 is 15.5 Å². The van der Waals surface area contributed by atoms with Crippen molar-refractivity contribution in [2.75, 3.05) is 32.1 Å². The van der Waals surface area contributed by atoms with Crippen molar-refractivity contribution < 1.29 is 0 Å². The van der Waals surface area contributed by atoms with E-state index in [9.17, 15) is 0 Å². The number of aryl methyl sites for hydroxylation is 1. The van der Waals surface area contributed by atoms with E-state index >= 15 is 0 Å². The summed E-state index contributed by atoms with van der Waals surface area (Å²) in [5.41, 5.74) is 10.2. The zero-order valence-electron chi connectivity index (χ0n) is 14.1. The molecule has 1 fully saturated rings. The van der Waals surface area contributed by atoms with Gasteiger partial charge in [-0.2, -0.15) is 0 Å². The van der Waals surface area contributed by atoms with E-state index in [1.165, 1.54) is 42.7 Å². The molecule has 0 aromatic heterocycles. The molecular formula is C18H31N3. The average molecular weight is 289 g/mol. The van der Waals surface area contributed by atoms with E-state index in [0.717, 1.165) is 12.8 Å². The van der Waals surface area contributed by atoms with Gasteiger partial charge in [-0.05, 0) is 69.9 Å². The number of rotatable bonds is 5. The highest BCUT2D eigenvalue weighted by molar-refractivity contribution is 5.54. The van der Waals surface area contributed by atoms with Crippen LogP contribution in [-0.2, 0) is 6.42 Å². The van der Waals surface area contributed by atoms with Gasteiger partial charge >= 0.3 is 0 Å². The van der Waals surface area contributed by atoms with Crippen LogP contribution in [0.25, 0.3) is 0 Å². The van der Waals surface area contributed by atoms with Crippen LogP contribution in [-0.4, -0.2) is 44.2 Å². The minimum atomic E-state index is 0.280. The van der Waals surface area contributed by atoms with Crippen molar-refractivity contribution in [2.24, 2.45) is 5.73 Å². The van der Waals surface area contributed by atoms with Gasteiger partial charge in [-0.15, -0.1) is 0 Å². The van der Waals surface area contributed by atoms with Crippen LogP contribution in [0.4, 0.5) is 5.69 Å². The van der Waals surface area contributed by atoms with Gasteiger partial charge in [0.15, 0.2) is 0 Å². The summed E-state index contributed by atoms with van der Waals surface area (Å²) in [6.45, 7) is 6.79. The number of likely N-dealkylation sites (tertiary alicyclic amines) is 1. The number of nitrogens with two attached hydrogens (primary N) is 1. The lowest BCUT2D eigenvalue weighted by atomic mass is 9.99. The SMILES string of the molecule is CCC(N)Cc1ccc(N(C)C2CCN(C)CC2)c(C)c1. The van der Waals surface area contributed by atoms with Gasteiger partial charge in [0.1, 0.15) is 0 Å². The first kappa shape index (κ1) is 16.3. The Bertz CT molecular complexity index is 450. The van der Waals surface area contributed by atoms with Crippen LogP contribution < -0.4 is 10.6 Å². The Morgan fingerprint density at radius 3 is 2.57 bits per heavy atom. The van der Waals surface area contributed by atoms with Gasteiger partial charge in [0.2, 0.25) is 0 Å². The number of benzene rings is 1. The van der Waals surface area contributed by atoms with Gasteiger partial charge in [-0.3, -0.25) is 0 Å². The summed E-state index contributed by atoms with van der Waals surface area (Å²) < 4.78 is 0. The minimum Gasteiger partial charge on any atom is -0.371 e. The highest BCUT2D eigenvalue weighted by atomic mass is 15.2. The molecule has 1 aromatic carbocycles. The molecule has 1 atom stereocenters. The molecular weight excluding hydrogens is 258 g/mol. The number of nitrogens with zero attached hydrogens (tertiary/aromatic N) is 2. The molecule has 1 aromatic rings. The fourth-order valence-corrected chi connectivity index (χ4v) is 3.27. The van der Waals surface area contributed by atoms with Gasteiger partial charge in [0.05, 0.1) is 0 Å². The van der Waals surface area contributed by atoms with E-state index in [2.05, 4.69) is 55.9 Å². The second-order valence-corrected chi connectivity index (χ2v) is 6.64. The molecule has 1 aliphatic rings. The van der Waals surface area contributed by atoms with Crippen molar-refractivity contribution in [3.8, 4) is 0 Å². The standard InChI is InChI=1S/C18H31N3/c1-5-16(19)13-15-6-7-18(14(2)12-15)21(4)17-8-10-20(3)11-9-17/h6-7,12,16-17H,5,8-11,13,19H2,1-4H3. The second kappa shape index (κ2) is 7.28. The highest BCUT2D eigenvalue weighted by Gasteiger charge is 2.21. The van der Waals surface area contributed by atoms with Crippen molar-refractivity contribution in [1.29, 1.82) is 0 Å². The first-order chi connectivity index (χ1) is 10.0. The maximum absolute atomic E-state index is 6.07. The Kier molecular flexibility index (Phi) is 5.65. The maximum atomic E-state index is 6.07. The Morgan fingerprint density at radius 1 is 1.33 bits per heavy atom. The maximum Gasteiger partial charge on any atom is 0.0396 e. The zero-order valence-corrected chi connectivity index (χ0v) is 14.1. The molecule has 2 N–H and O–H groups in total. The van der Waals surface area contributed by atoms with Crippen LogP contribution in [0.3, 0.4) is 0 Å². The van der Waals surface area contributed by atoms with Crippen LogP contribution in [0.1, 0.15) is 37.3 Å². The normalized spacial score (nSPS) is 18.7. The zero-order chi connectivity index (χ0) is 15.4. The number of anilines is 1. The molecule has 3 nitrogen and oxygen atoms in total. The van der Waals surface area contributed by atoms with Crippen LogP contribution in [0.5, 0.6) is 0 Å². The summed E-state index contributed by atoms with van der Waals surface area (Å²) in [6, 6.07) is 7.80. The summed E-state index contributed by atoms with van der Waals surface area (Å²) >= 11 is 0. The third-order valence-electron chi connectivity index (χ3n) is 4.90. The molecule has 0 radical (unpaired) electrons. The quantitative estimate of drug-likeness (QED) is 0.904. The molecule has 1 saturated heterocycles. The van der Waals surface area contributed by atoms with E-state index in [0.29, 0.717) is 6.04 Å². The summed E-state index contributed by atoms with van der Waals surface area (Å²) in [4.78, 5) is 4.90. The largest absolute Gasteiger partial charge is 0.371 e. The number of hydrogen-bond acceptors (Lipinski definition) is 3. The molecule has 0 saturated carbocycles. The first-order valence-electron chi connectivity index (χ1n) is 8.27. The van der Waals surface area contributed by atoms with Crippen molar-refractivity contribution in [3.63, 3.8) is 0 Å². The van der Waals surface area contributed by atoms with Crippen molar-refractivity contribution in [2.45, 2.75) is 51.6 Å². The van der Waals surface area contributed by atoms with Gasteiger partial charge in [-0.1, -0.05) is 19.1 Å². The van der Waals surface area contributed by atoms with Crippen LogP contribution in [0.2, 0.25) is 0 Å². The Labute approximate surface area is 130 Å². The molecule has 1 aliphatic heterocycles. The fourth-order valence-electron chi connectivity index (χ4n) is 3.27. The molecule has 0 aliphatic carbocycles. The molecule has 0 amide bonds. The fraction of sp³-hybridized carbons (Fsp3) is 0.667. The Morgan fingerprint density at radius 2 is 2.00 bits per heavy atom. The van der Waals surface area contributed by atoms with E-state index in [4.69, 9.17) is 5.73 Å². The van der Waals surface area contributed by atoms with Crippen molar-refractivity contribution in [3.05, 3.63) is 29.3 Å². The lowest BCUT2D eigenvalue weighted by Gasteiger charge is -2.37. The van der Waals surface area contributed by atoms with E-state index in [1.807, 2.05) is 0 Å². The van der Waals surface area contributed by atoms with Gasteiger partial charge in [0.25, 0.3) is 0 Å². The molecule has 2 rings (SSSR count). The number of piperidine rings is 1. The van der Waals surface area contributed by atoms with Crippen molar-refractivity contribution in [1.82, 2.24) is 4.90 Å². The molecule has 3 heteroatoms. The monoisotopic (exact) mass is 289 g/mol. The number of hydrogen-bond donors (Lipinski definition) is 1. The summed E-state index contributed by atoms with van der Waals surface area (Å²) in [7, 11) is 4.46. The lowest BCUT2D eigenvalue weighted by molar-refractivity contribution is 0.253. The third kappa shape index (κ3) is 4.21. The van der Waals surface area contributed by atoms with Gasteiger partial charge in [-0.25, -0.2) is 0 Å². The molecule has 0 spiro atoms. The Balaban J connectivity index is 2.06. The van der Waals surface area contributed by atoms with Gasteiger partial charge in [0, 0.05) is 24.8 Å². The smallest absolute Gasteiger partial charge is 0.0396 e. The Hall–Kier alpha value is -1.06. The molecule has 1 unspecified atom stereocenters. The predicted molar refractivity (Wildman–Crippen MR) is 92.1 cm³/mol. The summed E-state index contributed by atoms with van der Waals surface area (Å²) in [6.07, 6.45) is 4.54. The molecule has 21 heavy (non-hydrogen) atoms. The van der Waals surface area contributed by atoms with Crippen molar-refractivity contribution >= 4 is 5.69 Å². The molecule has 118 valence electrons. The van der Waals surface area contributed by atoms with Crippen LogP contribution in [0.15, 0.2) is 18.2 Å².